The van der Waals surface area contributed by atoms with E-state index in [1.807, 2.05) is 0 Å². The minimum atomic E-state index is -4.97. The van der Waals surface area contributed by atoms with Crippen LogP contribution in [0.15, 0.2) is 43.1 Å². The van der Waals surface area contributed by atoms with E-state index in [9.17, 15) is 18.0 Å². The Morgan fingerprint density at radius 1 is 1.06 bits per heavy atom. The molecular formula is C18H11Cl2F3N8O2. The fourth-order valence-corrected chi connectivity index (χ4v) is 3.35. The molecule has 170 valence electrons. The maximum absolute atomic E-state index is 13.9. The number of rotatable bonds is 5. The van der Waals surface area contributed by atoms with Crippen molar-refractivity contribution in [2.75, 3.05) is 12.4 Å². The molecule has 0 unspecified atom stereocenters. The number of pyridine rings is 2. The largest absolute Gasteiger partial charge is 0.495 e. The molecule has 4 aromatic rings. The zero-order valence-electron chi connectivity index (χ0n) is 16.4. The molecule has 0 aliphatic heterocycles. The fourth-order valence-electron chi connectivity index (χ4n) is 2.84. The molecule has 10 nitrogen and oxygen atoms in total. The Kier molecular flexibility index (Phi) is 5.91. The van der Waals surface area contributed by atoms with Crippen LogP contribution in [0.3, 0.4) is 0 Å². The monoisotopic (exact) mass is 498 g/mol. The van der Waals surface area contributed by atoms with Crippen molar-refractivity contribution in [1.82, 2.24) is 34.7 Å². The summed E-state index contributed by atoms with van der Waals surface area (Å²) in [7, 11) is 1.30. The number of methoxy groups -OCH3 is 1. The Hall–Kier alpha value is -3.71. The predicted molar refractivity (Wildman–Crippen MR) is 110 cm³/mol. The van der Waals surface area contributed by atoms with E-state index in [4.69, 9.17) is 27.9 Å². The van der Waals surface area contributed by atoms with Gasteiger partial charge in [0, 0.05) is 12.3 Å². The number of alkyl halides is 3. The molecule has 0 spiro atoms. The average Bonchev–Trinajstić information content (AvgIpc) is 3.44. The highest BCUT2D eigenvalue weighted by Crippen LogP contribution is 2.36. The van der Waals surface area contributed by atoms with Crippen LogP contribution in [-0.2, 0) is 6.18 Å². The first-order valence-corrected chi connectivity index (χ1v) is 9.64. The lowest BCUT2D eigenvalue weighted by atomic mass is 10.2. The molecule has 1 amide bonds. The lowest BCUT2D eigenvalue weighted by molar-refractivity contribution is -0.143. The first-order chi connectivity index (χ1) is 15.7. The van der Waals surface area contributed by atoms with E-state index in [2.05, 4.69) is 30.6 Å². The molecule has 4 aromatic heterocycles. The van der Waals surface area contributed by atoms with E-state index in [1.54, 1.807) is 0 Å². The van der Waals surface area contributed by atoms with Gasteiger partial charge >= 0.3 is 6.18 Å². The number of halogens is 5. The minimum Gasteiger partial charge on any atom is -0.495 e. The van der Waals surface area contributed by atoms with Crippen LogP contribution in [-0.4, -0.2) is 47.8 Å². The molecular weight excluding hydrogens is 488 g/mol. The van der Waals surface area contributed by atoms with Crippen molar-refractivity contribution in [2.45, 2.75) is 6.18 Å². The molecule has 4 rings (SSSR count). The van der Waals surface area contributed by atoms with Gasteiger partial charge in [-0.1, -0.05) is 23.2 Å². The second-order valence-electron chi connectivity index (χ2n) is 6.27. The molecule has 0 saturated carbocycles. The summed E-state index contributed by atoms with van der Waals surface area (Å²) in [6, 6.07) is 2.67. The summed E-state index contributed by atoms with van der Waals surface area (Å²) >= 11 is 12.2. The fraction of sp³-hybridized carbons (Fsp3) is 0.111. The third kappa shape index (κ3) is 4.32. The van der Waals surface area contributed by atoms with E-state index < -0.39 is 23.3 Å². The number of amides is 1. The SMILES string of the molecule is COc1ccnc(-n2ncc(C(=O)Nc3cnc(-n4nccn4)c(Cl)c3)c2C(F)(F)F)c1Cl. The van der Waals surface area contributed by atoms with Gasteiger partial charge in [-0.25, -0.2) is 14.6 Å². The van der Waals surface area contributed by atoms with Crippen LogP contribution in [0.25, 0.3) is 11.6 Å². The maximum atomic E-state index is 13.9. The topological polar surface area (TPSA) is 113 Å². The lowest BCUT2D eigenvalue weighted by Crippen LogP contribution is -2.21. The number of carbonyl (C=O) groups excluding carboxylic acids is 1. The second kappa shape index (κ2) is 8.67. The summed E-state index contributed by atoms with van der Waals surface area (Å²) in [6.45, 7) is 0. The highest BCUT2D eigenvalue weighted by atomic mass is 35.5. The van der Waals surface area contributed by atoms with Gasteiger partial charge in [0.05, 0.1) is 48.2 Å². The van der Waals surface area contributed by atoms with Crippen LogP contribution in [0, 0.1) is 0 Å². The number of anilines is 1. The Morgan fingerprint density at radius 3 is 2.42 bits per heavy atom. The molecule has 0 bridgehead atoms. The third-order valence-electron chi connectivity index (χ3n) is 4.23. The minimum absolute atomic E-state index is 0.0410. The maximum Gasteiger partial charge on any atom is 0.434 e. The second-order valence-corrected chi connectivity index (χ2v) is 7.05. The van der Waals surface area contributed by atoms with Crippen molar-refractivity contribution in [3.8, 4) is 17.4 Å². The lowest BCUT2D eigenvalue weighted by Gasteiger charge is -2.14. The van der Waals surface area contributed by atoms with E-state index in [0.717, 1.165) is 11.0 Å². The molecule has 0 saturated heterocycles. The van der Waals surface area contributed by atoms with E-state index in [0.29, 0.717) is 4.68 Å². The Balaban J connectivity index is 1.70. The third-order valence-corrected chi connectivity index (χ3v) is 4.86. The van der Waals surface area contributed by atoms with Gasteiger partial charge in [-0.15, -0.1) is 4.80 Å². The van der Waals surface area contributed by atoms with Crippen LogP contribution < -0.4 is 10.1 Å². The number of carbonyl (C=O) groups is 1. The average molecular weight is 499 g/mol. The Bertz CT molecular complexity index is 1320. The van der Waals surface area contributed by atoms with Crippen molar-refractivity contribution in [2.24, 2.45) is 0 Å². The van der Waals surface area contributed by atoms with Gasteiger partial charge in [0.25, 0.3) is 5.91 Å². The van der Waals surface area contributed by atoms with Crippen LogP contribution in [0.4, 0.5) is 18.9 Å². The molecule has 4 heterocycles. The van der Waals surface area contributed by atoms with Gasteiger partial charge in [-0.05, 0) is 6.07 Å². The summed E-state index contributed by atoms with van der Waals surface area (Å²) in [6.07, 6.45) is 1.00. The number of hydrogen-bond donors (Lipinski definition) is 1. The van der Waals surface area contributed by atoms with Gasteiger partial charge in [-0.3, -0.25) is 4.79 Å². The standard InChI is InChI=1S/C18H11Cl2F3N8O2/c1-33-12-2-3-24-16(13(12)20)30-14(18(21,22)23)10(8-28-30)17(32)29-9-6-11(19)15(25-7-9)31-26-4-5-27-31/h2-8H,1H3,(H,29,32). The number of nitrogens with zero attached hydrogens (tertiary/aromatic N) is 7. The summed E-state index contributed by atoms with van der Waals surface area (Å²) in [5.74, 6) is -1.20. The summed E-state index contributed by atoms with van der Waals surface area (Å²) in [4.78, 5) is 21.7. The van der Waals surface area contributed by atoms with E-state index in [1.165, 1.54) is 44.0 Å². The molecule has 1 N–H and O–H groups in total. The van der Waals surface area contributed by atoms with Gasteiger partial charge < -0.3 is 10.1 Å². The first-order valence-electron chi connectivity index (χ1n) is 8.88. The Morgan fingerprint density at radius 2 is 1.79 bits per heavy atom. The molecule has 0 atom stereocenters. The van der Waals surface area contributed by atoms with Gasteiger partial charge in [0.1, 0.15) is 10.8 Å². The summed E-state index contributed by atoms with van der Waals surface area (Å²) in [5.41, 5.74) is -2.10. The van der Waals surface area contributed by atoms with Crippen molar-refractivity contribution >= 4 is 34.8 Å². The van der Waals surface area contributed by atoms with E-state index in [-0.39, 0.29) is 33.1 Å². The van der Waals surface area contributed by atoms with Gasteiger partial charge in [0.15, 0.2) is 17.3 Å². The molecule has 0 aliphatic rings. The van der Waals surface area contributed by atoms with Crippen LogP contribution in [0.2, 0.25) is 10.0 Å². The number of nitrogens with one attached hydrogen (secondary N) is 1. The zero-order chi connectivity index (χ0) is 23.8. The van der Waals surface area contributed by atoms with Gasteiger partial charge in [-0.2, -0.15) is 28.5 Å². The van der Waals surface area contributed by atoms with Crippen LogP contribution in [0.1, 0.15) is 16.1 Å². The Labute approximate surface area is 192 Å². The number of aromatic nitrogens is 7. The van der Waals surface area contributed by atoms with Crippen molar-refractivity contribution in [3.05, 3.63) is 64.4 Å². The van der Waals surface area contributed by atoms with Gasteiger partial charge in [0.2, 0.25) is 0 Å². The smallest absolute Gasteiger partial charge is 0.434 e. The molecule has 33 heavy (non-hydrogen) atoms. The molecule has 0 fully saturated rings. The van der Waals surface area contributed by atoms with E-state index >= 15 is 0 Å². The van der Waals surface area contributed by atoms with Crippen LogP contribution >= 0.6 is 23.2 Å². The normalized spacial score (nSPS) is 11.5. The predicted octanol–water partition coefficient (Wildman–Crippen LogP) is 3.83. The van der Waals surface area contributed by atoms with Crippen molar-refractivity contribution in [1.29, 1.82) is 0 Å². The number of hydrogen-bond acceptors (Lipinski definition) is 7. The first kappa shape index (κ1) is 22.5. The van der Waals surface area contributed by atoms with Crippen molar-refractivity contribution < 1.29 is 22.7 Å². The zero-order valence-corrected chi connectivity index (χ0v) is 17.9. The molecule has 0 aromatic carbocycles. The summed E-state index contributed by atoms with van der Waals surface area (Å²) < 4.78 is 47.2. The molecule has 15 heteroatoms. The van der Waals surface area contributed by atoms with Crippen molar-refractivity contribution in [3.63, 3.8) is 0 Å². The summed E-state index contributed by atoms with van der Waals surface area (Å²) in [5, 5.41) is 13.6. The molecule has 0 aliphatic carbocycles. The van der Waals surface area contributed by atoms with Crippen LogP contribution in [0.5, 0.6) is 5.75 Å². The number of ether oxygens (including phenoxy) is 1. The molecule has 0 radical (unpaired) electrons. The highest BCUT2D eigenvalue weighted by Gasteiger charge is 2.41. The highest BCUT2D eigenvalue weighted by molar-refractivity contribution is 6.33. The quantitative estimate of drug-likeness (QED) is 0.444.